The van der Waals surface area contributed by atoms with Gasteiger partial charge in [-0.2, -0.15) is 0 Å². The monoisotopic (exact) mass is 338 g/mol. The molecule has 2 rings (SSSR count). The molecule has 0 spiro atoms. The maximum Gasteiger partial charge on any atom is 0.343 e. The molecular formula is C20H18O5. The van der Waals surface area contributed by atoms with Crippen molar-refractivity contribution in [1.29, 1.82) is 0 Å². The third kappa shape index (κ3) is 3.95. The van der Waals surface area contributed by atoms with E-state index < -0.39 is 5.63 Å². The van der Waals surface area contributed by atoms with Crippen LogP contribution in [0.1, 0.15) is 29.4 Å². The fraction of sp³-hybridized carbons (Fsp3) is 0.100. The van der Waals surface area contributed by atoms with Gasteiger partial charge >= 0.3 is 5.63 Å². The summed E-state index contributed by atoms with van der Waals surface area (Å²) in [4.78, 5) is 22.7. The van der Waals surface area contributed by atoms with E-state index in [0.717, 1.165) is 5.57 Å². The molecule has 0 saturated heterocycles. The van der Waals surface area contributed by atoms with E-state index in [1.54, 1.807) is 37.3 Å². The van der Waals surface area contributed by atoms with Gasteiger partial charge in [0.25, 0.3) is 6.47 Å². The van der Waals surface area contributed by atoms with Crippen molar-refractivity contribution in [2.75, 3.05) is 0 Å². The number of ether oxygens (including phenoxy) is 1. The highest BCUT2D eigenvalue weighted by molar-refractivity contribution is 5.67. The standard InChI is InChI=1S/C20H18O5/c1-4-15-17(5-2)25-20(23)16(19(15)22)11-13(3)10-14-8-6-7-9-18(14)24-12-21/h4-10,12,22H,1-2,11H2,3H3/b13-10+. The molecule has 2 aromatic rings. The van der Waals surface area contributed by atoms with Crippen LogP contribution in [0.3, 0.4) is 0 Å². The average Bonchev–Trinajstić information content (AvgIpc) is 2.60. The van der Waals surface area contributed by atoms with Crippen molar-refractivity contribution in [3.05, 3.63) is 75.9 Å². The Morgan fingerprint density at radius 3 is 2.64 bits per heavy atom. The van der Waals surface area contributed by atoms with Crippen LogP contribution in [0.15, 0.2) is 52.2 Å². The van der Waals surface area contributed by atoms with Crippen molar-refractivity contribution in [2.24, 2.45) is 0 Å². The first-order chi connectivity index (χ1) is 12.0. The molecule has 0 unspecified atom stereocenters. The van der Waals surface area contributed by atoms with Gasteiger partial charge in [-0.3, -0.25) is 4.79 Å². The molecule has 25 heavy (non-hydrogen) atoms. The topological polar surface area (TPSA) is 76.7 Å². The van der Waals surface area contributed by atoms with Gasteiger partial charge in [0.1, 0.15) is 17.3 Å². The Morgan fingerprint density at radius 1 is 1.28 bits per heavy atom. The highest BCUT2D eigenvalue weighted by Gasteiger charge is 2.16. The van der Waals surface area contributed by atoms with Crippen molar-refractivity contribution in [3.63, 3.8) is 0 Å². The van der Waals surface area contributed by atoms with Crippen LogP contribution in [0.5, 0.6) is 11.5 Å². The van der Waals surface area contributed by atoms with E-state index in [4.69, 9.17) is 9.15 Å². The first-order valence-corrected chi connectivity index (χ1v) is 7.52. The predicted octanol–water partition coefficient (Wildman–Crippen LogP) is 3.81. The maximum absolute atomic E-state index is 12.1. The molecule has 5 nitrogen and oxygen atoms in total. The number of carbonyl (C=O) groups is 1. The summed E-state index contributed by atoms with van der Waals surface area (Å²) in [5.74, 6) is 0.404. The lowest BCUT2D eigenvalue weighted by Crippen LogP contribution is -2.10. The SMILES string of the molecule is C=Cc1oc(=O)c(C/C(C)=C/c2ccccc2OC=O)c(O)c1C=C. The van der Waals surface area contributed by atoms with Crippen LogP contribution in [0.2, 0.25) is 0 Å². The minimum atomic E-state index is -0.636. The van der Waals surface area contributed by atoms with E-state index in [1.165, 1.54) is 12.2 Å². The number of carbonyl (C=O) groups excluding carboxylic acids is 1. The third-order valence-corrected chi connectivity index (χ3v) is 3.60. The lowest BCUT2D eigenvalue weighted by molar-refractivity contribution is -0.120. The molecule has 0 aliphatic carbocycles. The molecule has 0 amide bonds. The quantitative estimate of drug-likeness (QED) is 0.777. The van der Waals surface area contributed by atoms with E-state index in [0.29, 0.717) is 23.3 Å². The molecule has 0 radical (unpaired) electrons. The second-order valence-corrected chi connectivity index (χ2v) is 5.32. The van der Waals surface area contributed by atoms with Gasteiger partial charge < -0.3 is 14.3 Å². The molecule has 1 aromatic carbocycles. The normalized spacial score (nSPS) is 11.0. The summed E-state index contributed by atoms with van der Waals surface area (Å²) in [6.45, 7) is 9.32. The van der Waals surface area contributed by atoms with E-state index in [-0.39, 0.29) is 23.5 Å². The Labute approximate surface area is 145 Å². The Hall–Kier alpha value is -3.34. The van der Waals surface area contributed by atoms with Crippen molar-refractivity contribution < 1.29 is 19.1 Å². The van der Waals surface area contributed by atoms with Gasteiger partial charge in [0.05, 0.1) is 11.1 Å². The summed E-state index contributed by atoms with van der Waals surface area (Å²) >= 11 is 0. The number of benzene rings is 1. The van der Waals surface area contributed by atoms with Crippen LogP contribution in [0.4, 0.5) is 0 Å². The second-order valence-electron chi connectivity index (χ2n) is 5.32. The molecule has 1 heterocycles. The summed E-state index contributed by atoms with van der Waals surface area (Å²) in [6, 6.07) is 6.99. The van der Waals surface area contributed by atoms with Crippen molar-refractivity contribution in [2.45, 2.75) is 13.3 Å². The molecule has 0 aliphatic rings. The van der Waals surface area contributed by atoms with E-state index in [1.807, 2.05) is 0 Å². The smallest absolute Gasteiger partial charge is 0.343 e. The fourth-order valence-corrected chi connectivity index (χ4v) is 2.45. The molecule has 0 bridgehead atoms. The highest BCUT2D eigenvalue weighted by Crippen LogP contribution is 2.28. The molecule has 5 heteroatoms. The number of hydrogen-bond acceptors (Lipinski definition) is 5. The van der Waals surface area contributed by atoms with Crippen LogP contribution < -0.4 is 10.4 Å². The summed E-state index contributed by atoms with van der Waals surface area (Å²) in [6.07, 6.45) is 4.69. The maximum atomic E-state index is 12.1. The first-order valence-electron chi connectivity index (χ1n) is 7.52. The number of allylic oxidation sites excluding steroid dienone is 1. The summed E-state index contributed by atoms with van der Waals surface area (Å²) in [5, 5.41) is 10.4. The Balaban J connectivity index is 2.43. The zero-order valence-electron chi connectivity index (χ0n) is 13.8. The van der Waals surface area contributed by atoms with Gasteiger partial charge in [-0.25, -0.2) is 4.79 Å². The Kier molecular flexibility index (Phi) is 5.74. The molecule has 0 atom stereocenters. The largest absolute Gasteiger partial charge is 0.507 e. The average molecular weight is 338 g/mol. The predicted molar refractivity (Wildman–Crippen MR) is 97.3 cm³/mol. The van der Waals surface area contributed by atoms with Gasteiger partial charge in [-0.1, -0.05) is 49.1 Å². The minimum absolute atomic E-state index is 0.128. The molecule has 0 fully saturated rings. The number of hydrogen-bond donors (Lipinski definition) is 1. The Bertz CT molecular complexity index is 903. The minimum Gasteiger partial charge on any atom is -0.507 e. The molecule has 0 aliphatic heterocycles. The lowest BCUT2D eigenvalue weighted by Gasteiger charge is -2.09. The number of para-hydroxylation sites is 1. The zero-order valence-corrected chi connectivity index (χ0v) is 13.8. The number of aromatic hydroxyl groups is 1. The third-order valence-electron chi connectivity index (χ3n) is 3.60. The van der Waals surface area contributed by atoms with Gasteiger partial charge in [-0.15, -0.1) is 0 Å². The van der Waals surface area contributed by atoms with E-state index in [2.05, 4.69) is 13.2 Å². The van der Waals surface area contributed by atoms with Crippen LogP contribution in [0.25, 0.3) is 18.2 Å². The molecular weight excluding hydrogens is 320 g/mol. The molecule has 1 aromatic heterocycles. The second kappa shape index (κ2) is 7.97. The van der Waals surface area contributed by atoms with Crippen LogP contribution in [0, 0.1) is 0 Å². The van der Waals surface area contributed by atoms with Gasteiger partial charge in [-0.05, 0) is 19.1 Å². The molecule has 0 saturated carbocycles. The van der Waals surface area contributed by atoms with Crippen molar-refractivity contribution in [3.8, 4) is 11.5 Å². The summed E-state index contributed by atoms with van der Waals surface area (Å²) in [5.41, 5.74) is 1.27. The first kappa shape index (κ1) is 18.0. The van der Waals surface area contributed by atoms with Crippen LogP contribution in [-0.4, -0.2) is 11.6 Å². The molecule has 1 N–H and O–H groups in total. The van der Waals surface area contributed by atoms with Crippen LogP contribution >= 0.6 is 0 Å². The Morgan fingerprint density at radius 2 is 2.00 bits per heavy atom. The van der Waals surface area contributed by atoms with Crippen molar-refractivity contribution >= 4 is 24.7 Å². The molecule has 128 valence electrons. The lowest BCUT2D eigenvalue weighted by atomic mass is 10.0. The van der Waals surface area contributed by atoms with Crippen LogP contribution in [-0.2, 0) is 11.2 Å². The highest BCUT2D eigenvalue weighted by atomic mass is 16.5. The van der Waals surface area contributed by atoms with E-state index >= 15 is 0 Å². The summed E-state index contributed by atoms with van der Waals surface area (Å²) < 4.78 is 10.1. The fourth-order valence-electron chi connectivity index (χ4n) is 2.45. The van der Waals surface area contributed by atoms with Gasteiger partial charge in [0.15, 0.2) is 0 Å². The number of rotatable bonds is 7. The van der Waals surface area contributed by atoms with Crippen molar-refractivity contribution in [1.82, 2.24) is 0 Å². The van der Waals surface area contributed by atoms with E-state index in [9.17, 15) is 14.7 Å². The van der Waals surface area contributed by atoms with Gasteiger partial charge in [0.2, 0.25) is 0 Å². The van der Waals surface area contributed by atoms with Gasteiger partial charge in [0, 0.05) is 12.0 Å². The summed E-state index contributed by atoms with van der Waals surface area (Å²) in [7, 11) is 0. The zero-order chi connectivity index (χ0) is 18.4.